The topological polar surface area (TPSA) is 47.6 Å². The second-order valence-electron chi connectivity index (χ2n) is 6.96. The number of benzene rings is 3. The third-order valence-corrected chi connectivity index (χ3v) is 5.55. The summed E-state index contributed by atoms with van der Waals surface area (Å²) in [6.07, 6.45) is 4.26. The Morgan fingerprint density at radius 1 is 0.935 bits per heavy atom. The van der Waals surface area contributed by atoms with E-state index in [1.54, 1.807) is 11.8 Å². The molecule has 1 heterocycles. The maximum atomic E-state index is 11.4. The molecule has 5 heteroatoms. The quantitative estimate of drug-likeness (QED) is 0.485. The molecule has 3 aromatic rings. The van der Waals surface area contributed by atoms with E-state index in [0.717, 1.165) is 16.2 Å². The van der Waals surface area contributed by atoms with Crippen LogP contribution in [-0.4, -0.2) is 18.2 Å². The number of fused-ring (bicyclic) bond motifs is 1. The van der Waals surface area contributed by atoms with Crippen LogP contribution in [0.5, 0.6) is 11.5 Å². The molecule has 0 saturated carbocycles. The molecule has 0 fully saturated rings. The van der Waals surface area contributed by atoms with Crippen molar-refractivity contribution in [1.29, 1.82) is 0 Å². The largest absolute Gasteiger partial charge is 0.452 e. The lowest BCUT2D eigenvalue weighted by Gasteiger charge is -2.24. The number of amides is 1. The van der Waals surface area contributed by atoms with E-state index in [9.17, 15) is 4.79 Å². The van der Waals surface area contributed by atoms with Crippen LogP contribution in [0, 0.1) is 0 Å². The van der Waals surface area contributed by atoms with E-state index in [0.29, 0.717) is 23.0 Å². The van der Waals surface area contributed by atoms with Crippen molar-refractivity contribution in [1.82, 2.24) is 5.32 Å². The normalized spacial score (nSPS) is 12.8. The average Bonchev–Trinajstić information content (AvgIpc) is 2.81. The molecule has 0 aromatic heterocycles. The molecule has 1 N–H and O–H groups in total. The van der Waals surface area contributed by atoms with E-state index < -0.39 is 0 Å². The van der Waals surface area contributed by atoms with Gasteiger partial charge >= 0.3 is 0 Å². The van der Waals surface area contributed by atoms with Crippen LogP contribution in [0.2, 0.25) is 0 Å². The fourth-order valence-corrected chi connectivity index (χ4v) is 3.85. The minimum atomic E-state index is -0.121. The van der Waals surface area contributed by atoms with Crippen LogP contribution in [0.25, 0.3) is 11.8 Å². The van der Waals surface area contributed by atoms with E-state index in [4.69, 9.17) is 9.47 Å². The van der Waals surface area contributed by atoms with Crippen molar-refractivity contribution < 1.29 is 14.3 Å². The summed E-state index contributed by atoms with van der Waals surface area (Å²) in [5.41, 5.74) is 2.09. The van der Waals surface area contributed by atoms with Crippen molar-refractivity contribution in [2.45, 2.75) is 11.8 Å². The van der Waals surface area contributed by atoms with Gasteiger partial charge in [0.2, 0.25) is 5.91 Å². The molecule has 1 aliphatic rings. The Kier molecular flexibility index (Phi) is 6.75. The highest BCUT2D eigenvalue weighted by molar-refractivity contribution is 7.99. The van der Waals surface area contributed by atoms with Crippen LogP contribution < -0.4 is 14.8 Å². The molecule has 4 nitrogen and oxygen atoms in total. The number of carbonyl (C=O) groups is 1. The molecular formula is C26H23NO3S. The van der Waals surface area contributed by atoms with Crippen molar-refractivity contribution in [3.63, 3.8) is 0 Å². The average molecular weight is 430 g/mol. The van der Waals surface area contributed by atoms with Crippen LogP contribution >= 0.6 is 11.8 Å². The minimum absolute atomic E-state index is 0.121. The van der Waals surface area contributed by atoms with Gasteiger partial charge in [0, 0.05) is 23.1 Å². The third kappa shape index (κ3) is 5.58. The summed E-state index contributed by atoms with van der Waals surface area (Å²) < 4.78 is 12.4. The predicted molar refractivity (Wildman–Crippen MR) is 126 cm³/mol. The summed E-state index contributed by atoms with van der Waals surface area (Å²) >= 11 is 1.72. The molecule has 0 spiro atoms. The molecule has 0 saturated heterocycles. The number of hydrogen-bond donors (Lipinski definition) is 1. The Morgan fingerprint density at radius 2 is 1.68 bits per heavy atom. The van der Waals surface area contributed by atoms with Gasteiger partial charge in [0.1, 0.15) is 0 Å². The zero-order valence-corrected chi connectivity index (χ0v) is 18.0. The van der Waals surface area contributed by atoms with E-state index in [2.05, 4.69) is 29.6 Å². The van der Waals surface area contributed by atoms with E-state index >= 15 is 0 Å². The lowest BCUT2D eigenvalue weighted by atomic mass is 10.1. The van der Waals surface area contributed by atoms with Crippen LogP contribution in [0.15, 0.2) is 95.6 Å². The smallest absolute Gasteiger partial charge is 0.217 e. The van der Waals surface area contributed by atoms with Crippen LogP contribution in [0.4, 0.5) is 0 Å². The molecule has 0 unspecified atom stereocenters. The third-order valence-electron chi connectivity index (χ3n) is 4.60. The number of ether oxygens (including phenoxy) is 2. The van der Waals surface area contributed by atoms with Crippen molar-refractivity contribution in [3.8, 4) is 11.5 Å². The van der Waals surface area contributed by atoms with Crippen molar-refractivity contribution in [2.24, 2.45) is 0 Å². The van der Waals surface area contributed by atoms with Crippen LogP contribution in [0.1, 0.15) is 18.1 Å². The van der Waals surface area contributed by atoms with E-state index in [-0.39, 0.29) is 12.5 Å². The summed E-state index contributed by atoms with van der Waals surface area (Å²) in [5, 5.41) is 2.80. The van der Waals surface area contributed by atoms with Crippen LogP contribution in [0.3, 0.4) is 0 Å². The molecule has 1 amide bonds. The highest BCUT2D eigenvalue weighted by Crippen LogP contribution is 2.40. The van der Waals surface area contributed by atoms with Gasteiger partial charge in [-0.15, -0.1) is 11.8 Å². The minimum Gasteiger partial charge on any atom is -0.452 e. The molecule has 3 aromatic carbocycles. The SMILES string of the molecule is CC(=O)NCC1=C(c2ccccc2)Oc2ccc(SC/C=C/c3ccccc3)cc2O1. The summed E-state index contributed by atoms with van der Waals surface area (Å²) in [4.78, 5) is 12.5. The van der Waals surface area contributed by atoms with Gasteiger partial charge in [0.15, 0.2) is 23.0 Å². The van der Waals surface area contributed by atoms with Crippen LogP contribution in [-0.2, 0) is 4.79 Å². The number of thioether (sulfide) groups is 1. The summed E-state index contributed by atoms with van der Waals surface area (Å²) in [6, 6.07) is 25.9. The predicted octanol–water partition coefficient (Wildman–Crippen LogP) is 5.77. The Morgan fingerprint density at radius 3 is 2.42 bits per heavy atom. The zero-order chi connectivity index (χ0) is 21.5. The molecule has 4 rings (SSSR count). The molecular weight excluding hydrogens is 406 g/mol. The fourth-order valence-electron chi connectivity index (χ4n) is 3.11. The van der Waals surface area contributed by atoms with Gasteiger partial charge in [0.25, 0.3) is 0 Å². The van der Waals surface area contributed by atoms with Gasteiger partial charge in [-0.3, -0.25) is 4.79 Å². The van der Waals surface area contributed by atoms with Gasteiger partial charge in [-0.05, 0) is 23.8 Å². The first-order chi connectivity index (χ1) is 15.2. The Hall–Kier alpha value is -3.44. The Labute approximate surface area is 186 Å². The standard InChI is InChI=1S/C26H23NO3S/c1-19(28)27-18-25-26(21-12-6-3-7-13-21)30-23-15-14-22(17-24(23)29-25)31-16-8-11-20-9-4-2-5-10-20/h2-15,17H,16,18H2,1H3,(H,27,28)/b11-8+. The maximum Gasteiger partial charge on any atom is 0.217 e. The fraction of sp³-hybridized carbons (Fsp3) is 0.115. The zero-order valence-electron chi connectivity index (χ0n) is 17.2. The lowest BCUT2D eigenvalue weighted by Crippen LogP contribution is -2.27. The molecule has 31 heavy (non-hydrogen) atoms. The molecule has 0 atom stereocenters. The molecule has 0 radical (unpaired) electrons. The second-order valence-corrected chi connectivity index (χ2v) is 8.06. The molecule has 0 aliphatic carbocycles. The summed E-state index contributed by atoms with van der Waals surface area (Å²) in [7, 11) is 0. The van der Waals surface area contributed by atoms with Gasteiger partial charge in [-0.1, -0.05) is 72.8 Å². The van der Waals surface area contributed by atoms with Gasteiger partial charge in [0.05, 0.1) is 6.54 Å². The van der Waals surface area contributed by atoms with E-state index in [1.165, 1.54) is 12.5 Å². The highest BCUT2D eigenvalue weighted by atomic mass is 32.2. The molecule has 1 aliphatic heterocycles. The van der Waals surface area contributed by atoms with Crippen molar-refractivity contribution in [2.75, 3.05) is 12.3 Å². The van der Waals surface area contributed by atoms with Gasteiger partial charge < -0.3 is 14.8 Å². The lowest BCUT2D eigenvalue weighted by molar-refractivity contribution is -0.118. The first kappa shape index (κ1) is 20.8. The van der Waals surface area contributed by atoms with Crippen molar-refractivity contribution in [3.05, 3.63) is 102 Å². The Balaban J connectivity index is 1.49. The monoisotopic (exact) mass is 429 g/mol. The maximum absolute atomic E-state index is 11.4. The van der Waals surface area contributed by atoms with Crippen molar-refractivity contribution >= 4 is 29.5 Å². The van der Waals surface area contributed by atoms with E-state index in [1.807, 2.05) is 66.7 Å². The highest BCUT2D eigenvalue weighted by Gasteiger charge is 2.23. The summed E-state index contributed by atoms with van der Waals surface area (Å²) in [5.74, 6) is 3.24. The first-order valence-electron chi connectivity index (χ1n) is 10.1. The number of hydrogen-bond acceptors (Lipinski definition) is 4. The molecule has 156 valence electrons. The number of nitrogens with one attached hydrogen (secondary N) is 1. The number of carbonyl (C=O) groups excluding carboxylic acids is 1. The first-order valence-corrected chi connectivity index (χ1v) is 11.0. The van der Waals surface area contributed by atoms with Gasteiger partial charge in [-0.25, -0.2) is 0 Å². The Bertz CT molecular complexity index is 1110. The molecule has 0 bridgehead atoms. The number of rotatable bonds is 7. The second kappa shape index (κ2) is 10.0. The van der Waals surface area contributed by atoms with Gasteiger partial charge in [-0.2, -0.15) is 0 Å². The summed E-state index contributed by atoms with van der Waals surface area (Å²) in [6.45, 7) is 1.74.